The molecule has 1 amide bonds. The molecule has 54 heavy (non-hydrogen) atoms. The molecule has 2 unspecified atom stereocenters. The molecule has 1 aliphatic rings. The van der Waals surface area contributed by atoms with Crippen LogP contribution >= 0.6 is 0 Å². The van der Waals surface area contributed by atoms with E-state index in [0.29, 0.717) is 29.5 Å². The van der Waals surface area contributed by atoms with Crippen LogP contribution in [0.5, 0.6) is 0 Å². The summed E-state index contributed by atoms with van der Waals surface area (Å²) < 4.78 is 67.1. The van der Waals surface area contributed by atoms with Crippen molar-refractivity contribution in [1.29, 1.82) is 0 Å². The Morgan fingerprint density at radius 3 is 2.39 bits per heavy atom. The van der Waals surface area contributed by atoms with Gasteiger partial charge < -0.3 is 19.6 Å². The number of halogens is 4. The standard InChI is InChI=1S/C40H46F4N4O6/c1-6-22(4)27(19-25(49)18-24-12-9-10-15-31(24)41)36(51)47-39(17-16-32-29(21-39)26-13-11-14-30(34(26)45-32)40(42,43)44)33(50)20-28(23(5)7-2)37-46-35(48-54-37)38(52)53-8-3/h9-15,22-23,27-28,45H,6-8,16-21H2,1-5H3,(H,47,51)/t22?,23?,27-,28-,39+/m0/s1. The van der Waals surface area contributed by atoms with E-state index >= 15 is 0 Å². The number of H-pyrrole nitrogens is 1. The van der Waals surface area contributed by atoms with Gasteiger partial charge in [-0.15, -0.1) is 0 Å². The fourth-order valence-corrected chi connectivity index (χ4v) is 7.33. The van der Waals surface area contributed by atoms with Crippen molar-refractivity contribution in [2.24, 2.45) is 17.8 Å². The molecule has 0 radical (unpaired) electrons. The molecular formula is C40H46F4N4O6. The number of ketones is 2. The second-order valence-electron chi connectivity index (χ2n) is 14.4. The van der Waals surface area contributed by atoms with Crippen molar-refractivity contribution in [3.63, 3.8) is 0 Å². The van der Waals surface area contributed by atoms with E-state index in [9.17, 15) is 36.7 Å². The van der Waals surface area contributed by atoms with Gasteiger partial charge in [-0.05, 0) is 60.0 Å². The van der Waals surface area contributed by atoms with Crippen LogP contribution in [-0.2, 0) is 44.6 Å². The highest BCUT2D eigenvalue weighted by Gasteiger charge is 2.47. The SMILES string of the molecule is CCOC(=O)c1noc([C@@H](CC(=O)[C@@]2(NC(=O)[C@@H](CC(=O)Cc3ccccc3F)C(C)CC)CCc3[nH]c4c(C(F)(F)F)cccc4c3C2)C(C)CC)n1. The minimum atomic E-state index is -4.64. The van der Waals surface area contributed by atoms with Gasteiger partial charge in [-0.1, -0.05) is 70.9 Å². The molecule has 0 saturated heterocycles. The minimum Gasteiger partial charge on any atom is -0.460 e. The van der Waals surface area contributed by atoms with Gasteiger partial charge >= 0.3 is 12.1 Å². The summed E-state index contributed by atoms with van der Waals surface area (Å²) in [5.41, 5.74) is -1.31. The quantitative estimate of drug-likeness (QED) is 0.0869. The van der Waals surface area contributed by atoms with Gasteiger partial charge in [0.25, 0.3) is 5.82 Å². The number of Topliss-reactive ketones (excluding diaryl/α,β-unsaturated/α-hetero) is 2. The summed E-state index contributed by atoms with van der Waals surface area (Å²) in [5, 5.41) is 7.09. The summed E-state index contributed by atoms with van der Waals surface area (Å²) in [7, 11) is 0. The summed E-state index contributed by atoms with van der Waals surface area (Å²) in [4.78, 5) is 62.2. The molecule has 2 aromatic heterocycles. The molecule has 0 fully saturated rings. The van der Waals surface area contributed by atoms with Crippen LogP contribution < -0.4 is 5.32 Å². The normalized spacial score (nSPS) is 18.0. The summed E-state index contributed by atoms with van der Waals surface area (Å²) in [6.45, 7) is 9.21. The third kappa shape index (κ3) is 8.57. The van der Waals surface area contributed by atoms with Crippen LogP contribution in [0, 0.1) is 23.6 Å². The molecule has 2 heterocycles. The first-order valence-electron chi connectivity index (χ1n) is 18.4. The van der Waals surface area contributed by atoms with E-state index in [2.05, 4.69) is 20.4 Å². The fourth-order valence-electron chi connectivity index (χ4n) is 7.33. The van der Waals surface area contributed by atoms with Crippen molar-refractivity contribution < 1.29 is 46.0 Å². The zero-order valence-corrected chi connectivity index (χ0v) is 31.1. The molecule has 0 bridgehead atoms. The molecule has 5 atom stereocenters. The summed E-state index contributed by atoms with van der Waals surface area (Å²) >= 11 is 0. The average Bonchev–Trinajstić information content (AvgIpc) is 3.78. The largest absolute Gasteiger partial charge is 0.460 e. The van der Waals surface area contributed by atoms with Gasteiger partial charge in [0.15, 0.2) is 5.78 Å². The molecule has 0 spiro atoms. The Morgan fingerprint density at radius 1 is 1.00 bits per heavy atom. The van der Waals surface area contributed by atoms with E-state index in [4.69, 9.17) is 9.26 Å². The maximum atomic E-state index is 14.9. The Bertz CT molecular complexity index is 2000. The Morgan fingerprint density at radius 2 is 1.72 bits per heavy atom. The molecule has 0 aliphatic heterocycles. The Kier molecular flexibility index (Phi) is 12.4. The van der Waals surface area contributed by atoms with Crippen molar-refractivity contribution in [2.75, 3.05) is 6.61 Å². The number of amides is 1. The maximum Gasteiger partial charge on any atom is 0.418 e. The molecule has 4 aromatic rings. The van der Waals surface area contributed by atoms with Crippen molar-refractivity contribution in [3.8, 4) is 0 Å². The monoisotopic (exact) mass is 754 g/mol. The Hall–Kier alpha value is -4.88. The zero-order valence-electron chi connectivity index (χ0n) is 31.1. The zero-order chi connectivity index (χ0) is 39.4. The molecule has 290 valence electrons. The number of para-hydroxylation sites is 1. The smallest absolute Gasteiger partial charge is 0.418 e. The molecule has 10 nitrogen and oxygen atoms in total. The summed E-state index contributed by atoms with van der Waals surface area (Å²) in [6, 6.07) is 9.77. The van der Waals surface area contributed by atoms with Crippen LogP contribution in [0.25, 0.3) is 10.9 Å². The van der Waals surface area contributed by atoms with Gasteiger partial charge in [-0.25, -0.2) is 9.18 Å². The number of esters is 1. The second-order valence-corrected chi connectivity index (χ2v) is 14.4. The number of rotatable bonds is 16. The van der Waals surface area contributed by atoms with Crippen LogP contribution in [0.4, 0.5) is 17.6 Å². The van der Waals surface area contributed by atoms with E-state index in [1.54, 1.807) is 19.1 Å². The summed E-state index contributed by atoms with van der Waals surface area (Å²) in [5.74, 6) is -4.97. The molecule has 5 rings (SSSR count). The lowest BCUT2D eigenvalue weighted by molar-refractivity contribution is -0.137. The highest BCUT2D eigenvalue weighted by Crippen LogP contribution is 2.42. The van der Waals surface area contributed by atoms with E-state index in [0.717, 1.165) is 6.07 Å². The van der Waals surface area contributed by atoms with Crippen LogP contribution in [0.2, 0.25) is 0 Å². The van der Waals surface area contributed by atoms with Crippen LogP contribution in [0.1, 0.15) is 112 Å². The minimum absolute atomic E-state index is 0.0388. The molecule has 2 aromatic carbocycles. The second kappa shape index (κ2) is 16.6. The van der Waals surface area contributed by atoms with E-state index in [1.807, 2.05) is 27.7 Å². The number of nitrogens with one attached hydrogen (secondary N) is 2. The fraction of sp³-hybridized carbons (Fsp3) is 0.500. The lowest BCUT2D eigenvalue weighted by atomic mass is 9.72. The van der Waals surface area contributed by atoms with Crippen molar-refractivity contribution in [1.82, 2.24) is 20.4 Å². The van der Waals surface area contributed by atoms with Crippen LogP contribution in [-0.4, -0.2) is 50.7 Å². The molecule has 2 N–H and O–H groups in total. The van der Waals surface area contributed by atoms with Crippen LogP contribution in [0.15, 0.2) is 47.0 Å². The van der Waals surface area contributed by atoms with Gasteiger partial charge in [0.2, 0.25) is 11.8 Å². The van der Waals surface area contributed by atoms with Gasteiger partial charge in [-0.3, -0.25) is 14.4 Å². The predicted molar refractivity (Wildman–Crippen MR) is 191 cm³/mol. The first kappa shape index (κ1) is 40.3. The van der Waals surface area contributed by atoms with Gasteiger partial charge in [-0.2, -0.15) is 18.2 Å². The first-order chi connectivity index (χ1) is 25.6. The number of ether oxygens (including phenoxy) is 1. The third-order valence-corrected chi connectivity index (χ3v) is 10.9. The third-order valence-electron chi connectivity index (χ3n) is 10.9. The Balaban J connectivity index is 1.53. The van der Waals surface area contributed by atoms with E-state index in [-0.39, 0.29) is 85.5 Å². The number of aryl methyl sites for hydroxylation is 1. The number of hydrogen-bond acceptors (Lipinski definition) is 8. The number of aromatic amines is 1. The predicted octanol–water partition coefficient (Wildman–Crippen LogP) is 7.88. The number of carbonyl (C=O) groups excluding carboxylic acids is 4. The van der Waals surface area contributed by atoms with Crippen molar-refractivity contribution >= 4 is 34.3 Å². The molecule has 14 heteroatoms. The van der Waals surface area contributed by atoms with Gasteiger partial charge in [0, 0.05) is 48.6 Å². The molecule has 0 saturated carbocycles. The van der Waals surface area contributed by atoms with Gasteiger partial charge in [0.1, 0.15) is 17.1 Å². The topological polar surface area (TPSA) is 144 Å². The highest BCUT2D eigenvalue weighted by atomic mass is 19.4. The number of aromatic nitrogens is 3. The number of carbonyl (C=O) groups is 4. The van der Waals surface area contributed by atoms with Crippen LogP contribution in [0.3, 0.4) is 0 Å². The highest BCUT2D eigenvalue weighted by molar-refractivity contribution is 5.97. The number of fused-ring (bicyclic) bond motifs is 3. The number of benzene rings is 2. The Labute approximate surface area is 310 Å². The van der Waals surface area contributed by atoms with E-state index < -0.39 is 52.6 Å². The lowest BCUT2D eigenvalue weighted by Crippen LogP contribution is -2.59. The summed E-state index contributed by atoms with van der Waals surface area (Å²) in [6.07, 6.45) is -4.07. The average molecular weight is 755 g/mol. The number of nitrogens with zero attached hydrogens (tertiary/aromatic N) is 2. The first-order valence-corrected chi connectivity index (χ1v) is 18.4. The van der Waals surface area contributed by atoms with E-state index in [1.165, 1.54) is 24.3 Å². The maximum absolute atomic E-state index is 14.9. The number of hydrogen-bond donors (Lipinski definition) is 2. The van der Waals surface area contributed by atoms with Crippen molar-refractivity contribution in [3.05, 3.63) is 82.4 Å². The lowest BCUT2D eigenvalue weighted by Gasteiger charge is -2.39. The molecular weight excluding hydrogens is 708 g/mol. The molecule has 1 aliphatic carbocycles. The van der Waals surface area contributed by atoms with Gasteiger partial charge in [0.05, 0.1) is 17.7 Å². The number of alkyl halides is 3. The van der Waals surface area contributed by atoms with Crippen molar-refractivity contribution in [2.45, 2.75) is 104 Å².